The van der Waals surface area contributed by atoms with Crippen LogP contribution in [0.25, 0.3) is 16.9 Å². The topological polar surface area (TPSA) is 55.1 Å². The fraction of sp³-hybridized carbons (Fsp3) is 0. The zero-order chi connectivity index (χ0) is 14.1. The molecule has 6 heteroatoms. The molecule has 0 amide bonds. The summed E-state index contributed by atoms with van der Waals surface area (Å²) >= 11 is 7.35. The van der Waals surface area contributed by atoms with Crippen LogP contribution in [0.15, 0.2) is 47.3 Å². The second-order valence-corrected chi connectivity index (χ2v) is 5.35. The van der Waals surface area contributed by atoms with E-state index in [9.17, 15) is 9.90 Å². The highest BCUT2D eigenvalue weighted by molar-refractivity contribution is 7.08. The highest BCUT2D eigenvalue weighted by Gasteiger charge is 2.17. The van der Waals surface area contributed by atoms with Crippen molar-refractivity contribution in [3.8, 4) is 16.9 Å². The molecule has 0 radical (unpaired) electrons. The average Bonchev–Trinajstić information content (AvgIpc) is 3.08. The Hall–Kier alpha value is -2.11. The van der Waals surface area contributed by atoms with Gasteiger partial charge in [-0.1, -0.05) is 11.6 Å². The van der Waals surface area contributed by atoms with Gasteiger partial charge in [-0.15, -0.1) is 0 Å². The van der Waals surface area contributed by atoms with Crippen LogP contribution in [0, 0.1) is 0 Å². The maximum atomic E-state index is 11.3. The lowest BCUT2D eigenvalue weighted by molar-refractivity contribution is 0.0697. The number of nitrogens with zero attached hydrogens (tertiary/aromatic N) is 2. The van der Waals surface area contributed by atoms with Gasteiger partial charge in [0.15, 0.2) is 0 Å². The highest BCUT2D eigenvalue weighted by atomic mass is 35.5. The van der Waals surface area contributed by atoms with Crippen LogP contribution in [0.5, 0.6) is 0 Å². The number of rotatable bonds is 3. The molecular weight excluding hydrogens is 296 g/mol. The van der Waals surface area contributed by atoms with E-state index in [4.69, 9.17) is 11.6 Å². The molecule has 4 nitrogen and oxygen atoms in total. The smallest absolute Gasteiger partial charge is 0.339 e. The quantitative estimate of drug-likeness (QED) is 0.797. The molecule has 100 valence electrons. The summed E-state index contributed by atoms with van der Waals surface area (Å²) in [6.45, 7) is 0. The van der Waals surface area contributed by atoms with Crippen LogP contribution >= 0.6 is 22.9 Å². The van der Waals surface area contributed by atoms with E-state index < -0.39 is 5.97 Å². The number of aromatic carboxylic acids is 1. The number of halogens is 1. The molecule has 0 spiro atoms. The van der Waals surface area contributed by atoms with Crippen molar-refractivity contribution in [1.29, 1.82) is 0 Å². The lowest BCUT2D eigenvalue weighted by atomic mass is 10.1. The van der Waals surface area contributed by atoms with Gasteiger partial charge in [0, 0.05) is 22.2 Å². The fourth-order valence-electron chi connectivity index (χ4n) is 1.87. The molecule has 0 bridgehead atoms. The van der Waals surface area contributed by atoms with Crippen molar-refractivity contribution >= 4 is 28.9 Å². The molecule has 0 saturated heterocycles. The molecule has 3 aromatic rings. The van der Waals surface area contributed by atoms with Crippen LogP contribution in [-0.4, -0.2) is 20.9 Å². The summed E-state index contributed by atoms with van der Waals surface area (Å²) in [4.78, 5) is 11.3. The maximum Gasteiger partial charge on any atom is 0.339 e. The van der Waals surface area contributed by atoms with Crippen molar-refractivity contribution in [3.05, 3.63) is 57.9 Å². The van der Waals surface area contributed by atoms with Crippen molar-refractivity contribution in [2.24, 2.45) is 0 Å². The number of benzene rings is 1. The van der Waals surface area contributed by atoms with Crippen LogP contribution in [0.1, 0.15) is 10.4 Å². The Kier molecular flexibility index (Phi) is 3.30. The molecule has 0 unspecified atom stereocenters. The molecule has 0 atom stereocenters. The molecule has 20 heavy (non-hydrogen) atoms. The molecule has 0 aliphatic carbocycles. The Morgan fingerprint density at radius 1 is 1.25 bits per heavy atom. The second kappa shape index (κ2) is 5.11. The van der Waals surface area contributed by atoms with Crippen molar-refractivity contribution in [2.45, 2.75) is 0 Å². The summed E-state index contributed by atoms with van der Waals surface area (Å²) in [6.07, 6.45) is 1.51. The molecule has 0 aliphatic rings. The van der Waals surface area contributed by atoms with Crippen molar-refractivity contribution in [2.75, 3.05) is 0 Å². The first-order valence-corrected chi connectivity index (χ1v) is 7.09. The Morgan fingerprint density at radius 2 is 2.00 bits per heavy atom. The van der Waals surface area contributed by atoms with Crippen LogP contribution in [-0.2, 0) is 0 Å². The van der Waals surface area contributed by atoms with E-state index in [0.29, 0.717) is 10.7 Å². The Bertz CT molecular complexity index is 748. The lowest BCUT2D eigenvalue weighted by Gasteiger charge is -2.00. The summed E-state index contributed by atoms with van der Waals surface area (Å²) in [5.41, 5.74) is 2.21. The predicted molar refractivity (Wildman–Crippen MR) is 78.8 cm³/mol. The fourth-order valence-corrected chi connectivity index (χ4v) is 2.64. The van der Waals surface area contributed by atoms with Crippen LogP contribution in [0.2, 0.25) is 5.02 Å². The molecule has 0 saturated carbocycles. The minimum Gasteiger partial charge on any atom is -0.478 e. The number of hydrogen-bond acceptors (Lipinski definition) is 3. The standard InChI is InChI=1S/C14H9ClN2O2S/c15-10-1-3-11(4-2-10)17-7-12(14(18)19)13(16-17)9-5-6-20-8-9/h1-8H,(H,18,19). The van der Waals surface area contributed by atoms with Gasteiger partial charge < -0.3 is 5.11 Å². The molecule has 0 fully saturated rings. The van der Waals surface area contributed by atoms with E-state index >= 15 is 0 Å². The average molecular weight is 305 g/mol. The second-order valence-electron chi connectivity index (χ2n) is 4.13. The Morgan fingerprint density at radius 3 is 2.60 bits per heavy atom. The SMILES string of the molecule is O=C(O)c1cn(-c2ccc(Cl)cc2)nc1-c1ccsc1. The van der Waals surface area contributed by atoms with E-state index in [1.54, 1.807) is 28.9 Å². The van der Waals surface area contributed by atoms with Gasteiger partial charge in [0.05, 0.1) is 5.69 Å². The molecule has 2 heterocycles. The van der Waals surface area contributed by atoms with Crippen molar-refractivity contribution in [1.82, 2.24) is 9.78 Å². The molecule has 1 N–H and O–H groups in total. The van der Waals surface area contributed by atoms with Crippen molar-refractivity contribution < 1.29 is 9.90 Å². The minimum atomic E-state index is -0.994. The van der Waals surface area contributed by atoms with E-state index in [2.05, 4.69) is 5.10 Å². The van der Waals surface area contributed by atoms with E-state index in [0.717, 1.165) is 11.3 Å². The first kappa shape index (κ1) is 12.9. The Balaban J connectivity index is 2.12. The first-order valence-electron chi connectivity index (χ1n) is 5.76. The number of carbonyl (C=O) groups is 1. The number of aromatic nitrogens is 2. The van der Waals surface area contributed by atoms with Gasteiger partial charge in [-0.05, 0) is 35.7 Å². The number of carboxylic acids is 1. The van der Waals surface area contributed by atoms with Gasteiger partial charge in [0.2, 0.25) is 0 Å². The monoisotopic (exact) mass is 304 g/mol. The third kappa shape index (κ3) is 2.33. The number of carboxylic acid groups (broad SMARTS) is 1. The third-order valence-corrected chi connectivity index (χ3v) is 3.77. The zero-order valence-corrected chi connectivity index (χ0v) is 11.7. The summed E-state index contributed by atoms with van der Waals surface area (Å²) in [7, 11) is 0. The lowest BCUT2D eigenvalue weighted by Crippen LogP contribution is -1.96. The van der Waals surface area contributed by atoms with E-state index in [1.165, 1.54) is 17.5 Å². The molecule has 1 aromatic carbocycles. The van der Waals surface area contributed by atoms with Crippen molar-refractivity contribution in [3.63, 3.8) is 0 Å². The Labute approximate surface area is 123 Å². The van der Waals surface area contributed by atoms with Crippen LogP contribution < -0.4 is 0 Å². The van der Waals surface area contributed by atoms with Gasteiger partial charge in [-0.25, -0.2) is 9.48 Å². The predicted octanol–water partition coefficient (Wildman–Crippen LogP) is 3.95. The van der Waals surface area contributed by atoms with Crippen LogP contribution in [0.4, 0.5) is 0 Å². The molecular formula is C14H9ClN2O2S. The van der Waals surface area contributed by atoms with Gasteiger partial charge in [0.1, 0.15) is 11.3 Å². The molecule has 3 rings (SSSR count). The zero-order valence-electron chi connectivity index (χ0n) is 10.2. The summed E-state index contributed by atoms with van der Waals surface area (Å²) in [6, 6.07) is 8.91. The minimum absolute atomic E-state index is 0.179. The van der Waals surface area contributed by atoms with Gasteiger partial charge in [-0.3, -0.25) is 0 Å². The number of thiophene rings is 1. The third-order valence-electron chi connectivity index (χ3n) is 2.83. The normalized spacial score (nSPS) is 10.7. The largest absolute Gasteiger partial charge is 0.478 e. The van der Waals surface area contributed by atoms with Crippen LogP contribution in [0.3, 0.4) is 0 Å². The summed E-state index contributed by atoms with van der Waals surface area (Å²) in [5, 5.41) is 18.1. The summed E-state index contributed by atoms with van der Waals surface area (Å²) < 4.78 is 1.55. The number of hydrogen-bond donors (Lipinski definition) is 1. The van der Waals surface area contributed by atoms with Gasteiger partial charge in [-0.2, -0.15) is 16.4 Å². The van der Waals surface area contributed by atoms with Gasteiger partial charge >= 0.3 is 5.97 Å². The summed E-state index contributed by atoms with van der Waals surface area (Å²) in [5.74, 6) is -0.994. The molecule has 2 aromatic heterocycles. The maximum absolute atomic E-state index is 11.3. The van der Waals surface area contributed by atoms with Gasteiger partial charge in [0.25, 0.3) is 0 Å². The highest BCUT2D eigenvalue weighted by Crippen LogP contribution is 2.26. The molecule has 0 aliphatic heterocycles. The van der Waals surface area contributed by atoms with E-state index in [1.807, 2.05) is 16.8 Å². The van der Waals surface area contributed by atoms with E-state index in [-0.39, 0.29) is 5.56 Å². The first-order chi connectivity index (χ1) is 9.65.